The minimum atomic E-state index is -0.565. The molecule has 0 aliphatic carbocycles. The number of carbonyl (C=O) groups excluding carboxylic acids is 2. The van der Waals surface area contributed by atoms with Gasteiger partial charge in [0.05, 0.1) is 7.11 Å². The molecule has 6 heteroatoms. The first-order valence-corrected chi connectivity index (χ1v) is 9.08. The Kier molecular flexibility index (Phi) is 7.79. The summed E-state index contributed by atoms with van der Waals surface area (Å²) in [6, 6.07) is 10.8. The number of nitrogens with zero attached hydrogens (tertiary/aromatic N) is 1. The molecular formula is C21H27N3O3. The van der Waals surface area contributed by atoms with Crippen LogP contribution in [0.2, 0.25) is 0 Å². The van der Waals surface area contributed by atoms with Crippen molar-refractivity contribution in [3.8, 4) is 5.75 Å². The highest BCUT2D eigenvalue weighted by atomic mass is 16.5. The Morgan fingerprint density at radius 1 is 1.11 bits per heavy atom. The summed E-state index contributed by atoms with van der Waals surface area (Å²) in [7, 11) is 1.62. The molecule has 0 saturated heterocycles. The molecule has 1 aromatic carbocycles. The second kappa shape index (κ2) is 10.3. The van der Waals surface area contributed by atoms with Gasteiger partial charge in [-0.1, -0.05) is 32.0 Å². The third-order valence-electron chi connectivity index (χ3n) is 4.25. The van der Waals surface area contributed by atoms with Crippen molar-refractivity contribution in [2.45, 2.75) is 39.3 Å². The van der Waals surface area contributed by atoms with E-state index in [1.807, 2.05) is 50.2 Å². The van der Waals surface area contributed by atoms with E-state index >= 15 is 0 Å². The lowest BCUT2D eigenvalue weighted by molar-refractivity contribution is -0.130. The zero-order valence-corrected chi connectivity index (χ0v) is 16.1. The molecule has 0 aliphatic heterocycles. The van der Waals surface area contributed by atoms with E-state index in [-0.39, 0.29) is 17.7 Å². The molecule has 0 fully saturated rings. The predicted octanol–water partition coefficient (Wildman–Crippen LogP) is 2.48. The maximum Gasteiger partial charge on any atom is 0.243 e. The van der Waals surface area contributed by atoms with Crippen molar-refractivity contribution in [2.24, 2.45) is 5.92 Å². The van der Waals surface area contributed by atoms with Gasteiger partial charge < -0.3 is 15.4 Å². The van der Waals surface area contributed by atoms with E-state index in [4.69, 9.17) is 4.74 Å². The van der Waals surface area contributed by atoms with Crippen molar-refractivity contribution in [3.63, 3.8) is 0 Å². The molecule has 2 rings (SSSR count). The van der Waals surface area contributed by atoms with Crippen molar-refractivity contribution >= 4 is 11.8 Å². The molecule has 2 N–H and O–H groups in total. The van der Waals surface area contributed by atoms with Crippen molar-refractivity contribution in [2.75, 3.05) is 7.11 Å². The van der Waals surface area contributed by atoms with Crippen LogP contribution >= 0.6 is 0 Å². The van der Waals surface area contributed by atoms with Gasteiger partial charge in [-0.05, 0) is 41.7 Å². The van der Waals surface area contributed by atoms with Crippen molar-refractivity contribution in [3.05, 3.63) is 59.9 Å². The summed E-state index contributed by atoms with van der Waals surface area (Å²) in [4.78, 5) is 28.8. The summed E-state index contributed by atoms with van der Waals surface area (Å²) >= 11 is 0. The average Bonchev–Trinajstić information content (AvgIpc) is 2.69. The quantitative estimate of drug-likeness (QED) is 0.712. The van der Waals surface area contributed by atoms with E-state index < -0.39 is 6.04 Å². The number of methoxy groups -OCH3 is 1. The molecule has 0 unspecified atom stereocenters. The van der Waals surface area contributed by atoms with Gasteiger partial charge in [0.2, 0.25) is 11.8 Å². The normalized spacial score (nSPS) is 11.7. The first-order chi connectivity index (χ1) is 13.0. The number of carbonyl (C=O) groups is 2. The van der Waals surface area contributed by atoms with Crippen LogP contribution in [0.4, 0.5) is 0 Å². The van der Waals surface area contributed by atoms with Crippen LogP contribution in [0.3, 0.4) is 0 Å². The Labute approximate surface area is 160 Å². The van der Waals surface area contributed by atoms with Crippen LogP contribution in [0.1, 0.15) is 31.4 Å². The fourth-order valence-electron chi connectivity index (χ4n) is 2.63. The van der Waals surface area contributed by atoms with Crippen molar-refractivity contribution in [1.29, 1.82) is 0 Å². The first-order valence-electron chi connectivity index (χ1n) is 9.08. The van der Waals surface area contributed by atoms with Crippen LogP contribution in [-0.4, -0.2) is 29.9 Å². The Bertz CT molecular complexity index is 730. The zero-order chi connectivity index (χ0) is 19.6. The van der Waals surface area contributed by atoms with Crippen LogP contribution < -0.4 is 15.4 Å². The van der Waals surface area contributed by atoms with Gasteiger partial charge in [-0.3, -0.25) is 14.6 Å². The number of aryl methyl sites for hydroxylation is 1. The van der Waals surface area contributed by atoms with Gasteiger partial charge in [-0.2, -0.15) is 0 Å². The van der Waals surface area contributed by atoms with Crippen LogP contribution in [0.15, 0.2) is 48.8 Å². The highest BCUT2D eigenvalue weighted by molar-refractivity contribution is 5.87. The summed E-state index contributed by atoms with van der Waals surface area (Å²) in [6.07, 6.45) is 4.33. The Balaban J connectivity index is 1.84. The highest BCUT2D eigenvalue weighted by Gasteiger charge is 2.23. The summed E-state index contributed by atoms with van der Waals surface area (Å²) in [5.74, 6) is 0.449. The molecule has 144 valence electrons. The number of pyridine rings is 1. The number of hydrogen-bond acceptors (Lipinski definition) is 4. The third-order valence-corrected chi connectivity index (χ3v) is 4.25. The number of rotatable bonds is 9. The third kappa shape index (κ3) is 6.73. The van der Waals surface area contributed by atoms with Gasteiger partial charge in [-0.15, -0.1) is 0 Å². The molecule has 6 nitrogen and oxygen atoms in total. The second-order valence-corrected chi connectivity index (χ2v) is 6.72. The standard InChI is InChI=1S/C21H27N3O3/c1-15(2)20(21(26)23-14-17-5-4-12-22-13-17)24-19(25)11-8-16-6-9-18(27-3)10-7-16/h4-7,9-10,12-13,15,20H,8,11,14H2,1-3H3,(H,23,26)(H,24,25)/t20-/m1/s1. The summed E-state index contributed by atoms with van der Waals surface area (Å²) < 4.78 is 5.13. The van der Waals surface area contributed by atoms with E-state index in [1.165, 1.54) is 0 Å². The minimum Gasteiger partial charge on any atom is -0.497 e. The molecule has 27 heavy (non-hydrogen) atoms. The lowest BCUT2D eigenvalue weighted by Gasteiger charge is -2.21. The van der Waals surface area contributed by atoms with Gasteiger partial charge in [0, 0.05) is 25.4 Å². The van der Waals surface area contributed by atoms with E-state index in [9.17, 15) is 9.59 Å². The average molecular weight is 369 g/mol. The molecule has 0 spiro atoms. The summed E-state index contributed by atoms with van der Waals surface area (Å²) in [5.41, 5.74) is 1.97. The van der Waals surface area contributed by atoms with Gasteiger partial charge in [0.25, 0.3) is 0 Å². The highest BCUT2D eigenvalue weighted by Crippen LogP contribution is 2.13. The van der Waals surface area contributed by atoms with E-state index in [0.717, 1.165) is 16.9 Å². The smallest absolute Gasteiger partial charge is 0.243 e. The van der Waals surface area contributed by atoms with Crippen LogP contribution in [0.5, 0.6) is 5.75 Å². The maximum absolute atomic E-state index is 12.5. The molecule has 2 aromatic rings. The van der Waals surface area contributed by atoms with E-state index in [0.29, 0.717) is 19.4 Å². The van der Waals surface area contributed by atoms with E-state index in [1.54, 1.807) is 19.5 Å². The van der Waals surface area contributed by atoms with Crippen LogP contribution in [0.25, 0.3) is 0 Å². The molecule has 0 radical (unpaired) electrons. The number of hydrogen-bond donors (Lipinski definition) is 2. The van der Waals surface area contributed by atoms with Crippen molar-refractivity contribution < 1.29 is 14.3 Å². The van der Waals surface area contributed by atoms with Crippen molar-refractivity contribution in [1.82, 2.24) is 15.6 Å². The van der Waals surface area contributed by atoms with Gasteiger partial charge in [-0.25, -0.2) is 0 Å². The van der Waals surface area contributed by atoms with Gasteiger partial charge in [0.1, 0.15) is 11.8 Å². The number of ether oxygens (including phenoxy) is 1. The minimum absolute atomic E-state index is 0.0103. The van der Waals surface area contributed by atoms with E-state index in [2.05, 4.69) is 15.6 Å². The molecular weight excluding hydrogens is 342 g/mol. The number of amides is 2. The monoisotopic (exact) mass is 369 g/mol. The van der Waals surface area contributed by atoms with Crippen LogP contribution in [-0.2, 0) is 22.6 Å². The molecule has 0 aliphatic rings. The Morgan fingerprint density at radius 3 is 2.44 bits per heavy atom. The molecule has 2 amide bonds. The fraction of sp³-hybridized carbons (Fsp3) is 0.381. The van der Waals surface area contributed by atoms with Gasteiger partial charge >= 0.3 is 0 Å². The maximum atomic E-state index is 12.5. The molecule has 1 atom stereocenters. The molecule has 0 saturated carbocycles. The molecule has 1 aromatic heterocycles. The number of aromatic nitrogens is 1. The summed E-state index contributed by atoms with van der Waals surface area (Å²) in [6.45, 7) is 4.22. The SMILES string of the molecule is COc1ccc(CCC(=O)N[C@@H](C(=O)NCc2cccnc2)C(C)C)cc1. The van der Waals surface area contributed by atoms with Gasteiger partial charge in [0.15, 0.2) is 0 Å². The molecule has 0 bridgehead atoms. The summed E-state index contributed by atoms with van der Waals surface area (Å²) in [5, 5.41) is 5.72. The second-order valence-electron chi connectivity index (χ2n) is 6.72. The Morgan fingerprint density at radius 2 is 1.85 bits per heavy atom. The van der Waals surface area contributed by atoms with Crippen LogP contribution in [0, 0.1) is 5.92 Å². The number of benzene rings is 1. The predicted molar refractivity (Wildman–Crippen MR) is 104 cm³/mol. The lowest BCUT2D eigenvalue weighted by atomic mass is 10.0. The largest absolute Gasteiger partial charge is 0.497 e. The lowest BCUT2D eigenvalue weighted by Crippen LogP contribution is -2.49. The fourth-order valence-corrected chi connectivity index (χ4v) is 2.63. The first kappa shape index (κ1) is 20.4. The zero-order valence-electron chi connectivity index (χ0n) is 16.1. The molecule has 1 heterocycles. The topological polar surface area (TPSA) is 80.3 Å². The Hall–Kier alpha value is -2.89. The number of nitrogens with one attached hydrogen (secondary N) is 2.